The third-order valence-corrected chi connectivity index (χ3v) is 4.55. The first-order valence-electron chi connectivity index (χ1n) is 8.37. The minimum Gasteiger partial charge on any atom is -0.353 e. The summed E-state index contributed by atoms with van der Waals surface area (Å²) in [6.45, 7) is 5.35. The molecule has 1 fully saturated rings. The summed E-state index contributed by atoms with van der Waals surface area (Å²) in [5, 5.41) is 3.18. The van der Waals surface area contributed by atoms with E-state index in [0.29, 0.717) is 25.4 Å². The molecule has 0 aromatic heterocycles. The number of amides is 2. The lowest BCUT2D eigenvalue weighted by Crippen LogP contribution is -2.47. The topological polar surface area (TPSA) is 49.4 Å². The molecule has 4 nitrogen and oxygen atoms in total. The monoisotopic (exact) mass is 354 g/mol. The van der Waals surface area contributed by atoms with Gasteiger partial charge in [0.1, 0.15) is 5.82 Å². The number of hydrogen-bond acceptors (Lipinski definition) is 2. The molecule has 1 aromatic rings. The minimum absolute atomic E-state index is 0.0196. The molecule has 0 spiro atoms. The van der Waals surface area contributed by atoms with Gasteiger partial charge >= 0.3 is 0 Å². The molecule has 6 heteroatoms. The molecule has 1 aromatic carbocycles. The zero-order valence-electron chi connectivity index (χ0n) is 14.1. The molecule has 1 saturated heterocycles. The Bertz CT molecular complexity index is 578. The van der Waals surface area contributed by atoms with Gasteiger partial charge in [-0.15, -0.1) is 0 Å². The lowest BCUT2D eigenvalue weighted by Gasteiger charge is -2.33. The number of carbonyl (C=O) groups is 2. The van der Waals surface area contributed by atoms with Gasteiger partial charge in [0.2, 0.25) is 11.8 Å². The molecule has 2 amide bonds. The second kappa shape index (κ2) is 8.47. The first-order chi connectivity index (χ1) is 11.4. The quantitative estimate of drug-likeness (QED) is 0.882. The van der Waals surface area contributed by atoms with E-state index in [-0.39, 0.29) is 34.9 Å². The van der Waals surface area contributed by atoms with Crippen LogP contribution in [-0.4, -0.2) is 35.8 Å². The molecule has 0 radical (unpaired) electrons. The molecular formula is C18H24ClFN2O2. The number of hydrogen-bond donors (Lipinski definition) is 1. The molecule has 1 aliphatic rings. The molecule has 24 heavy (non-hydrogen) atoms. The average molecular weight is 355 g/mol. The van der Waals surface area contributed by atoms with Gasteiger partial charge in [-0.25, -0.2) is 4.39 Å². The molecular weight excluding hydrogens is 331 g/mol. The molecule has 132 valence electrons. The van der Waals surface area contributed by atoms with Gasteiger partial charge in [0.15, 0.2) is 0 Å². The fourth-order valence-electron chi connectivity index (χ4n) is 2.89. The lowest BCUT2D eigenvalue weighted by molar-refractivity contribution is -0.133. The molecule has 1 aliphatic heterocycles. The second-order valence-electron chi connectivity index (χ2n) is 6.70. The Morgan fingerprint density at radius 1 is 1.33 bits per heavy atom. The van der Waals surface area contributed by atoms with Crippen molar-refractivity contribution in [1.82, 2.24) is 10.2 Å². The van der Waals surface area contributed by atoms with Crippen molar-refractivity contribution < 1.29 is 14.0 Å². The van der Waals surface area contributed by atoms with Crippen LogP contribution in [-0.2, 0) is 16.0 Å². The zero-order chi connectivity index (χ0) is 17.7. The van der Waals surface area contributed by atoms with Crippen LogP contribution in [0.15, 0.2) is 18.2 Å². The van der Waals surface area contributed by atoms with Crippen molar-refractivity contribution >= 4 is 23.4 Å². The average Bonchev–Trinajstić information content (AvgIpc) is 2.51. The second-order valence-corrected chi connectivity index (χ2v) is 7.10. The van der Waals surface area contributed by atoms with E-state index in [0.717, 1.165) is 12.8 Å². The number of nitrogens with one attached hydrogen (secondary N) is 1. The highest BCUT2D eigenvalue weighted by atomic mass is 35.5. The van der Waals surface area contributed by atoms with Crippen LogP contribution in [0.25, 0.3) is 0 Å². The van der Waals surface area contributed by atoms with Gasteiger partial charge in [0.25, 0.3) is 0 Å². The van der Waals surface area contributed by atoms with Crippen LogP contribution < -0.4 is 5.32 Å². The van der Waals surface area contributed by atoms with Crippen molar-refractivity contribution in [1.29, 1.82) is 0 Å². The number of likely N-dealkylation sites (tertiary alicyclic amines) is 1. The van der Waals surface area contributed by atoms with Crippen LogP contribution in [0.5, 0.6) is 0 Å². The summed E-state index contributed by atoms with van der Waals surface area (Å²) in [5.74, 6) is -0.186. The van der Waals surface area contributed by atoms with E-state index in [1.54, 1.807) is 6.07 Å². The highest BCUT2D eigenvalue weighted by Crippen LogP contribution is 2.20. The summed E-state index contributed by atoms with van der Waals surface area (Å²) in [5.41, 5.74) is 0.223. The lowest BCUT2D eigenvalue weighted by atomic mass is 10.0. The fraction of sp³-hybridized carbons (Fsp3) is 0.556. The van der Waals surface area contributed by atoms with Crippen LogP contribution in [0.3, 0.4) is 0 Å². The van der Waals surface area contributed by atoms with E-state index < -0.39 is 5.82 Å². The zero-order valence-corrected chi connectivity index (χ0v) is 14.9. The molecule has 0 aliphatic carbocycles. The molecule has 0 saturated carbocycles. The van der Waals surface area contributed by atoms with Gasteiger partial charge in [0.05, 0.1) is 6.42 Å². The smallest absolute Gasteiger partial charge is 0.224 e. The largest absolute Gasteiger partial charge is 0.353 e. The summed E-state index contributed by atoms with van der Waals surface area (Å²) < 4.78 is 13.7. The Kier molecular flexibility index (Phi) is 6.60. The highest BCUT2D eigenvalue weighted by molar-refractivity contribution is 6.31. The van der Waals surface area contributed by atoms with Gasteiger partial charge in [0, 0.05) is 36.1 Å². The maximum atomic E-state index is 13.7. The van der Waals surface area contributed by atoms with Gasteiger partial charge in [-0.1, -0.05) is 31.5 Å². The van der Waals surface area contributed by atoms with Crippen molar-refractivity contribution in [2.24, 2.45) is 5.92 Å². The van der Waals surface area contributed by atoms with Crippen molar-refractivity contribution in [3.8, 4) is 0 Å². The number of halogens is 2. The number of nitrogens with zero attached hydrogens (tertiary/aromatic N) is 1. The Labute approximate surface area is 147 Å². The minimum atomic E-state index is -0.466. The fourth-order valence-corrected chi connectivity index (χ4v) is 3.12. The van der Waals surface area contributed by atoms with Gasteiger partial charge < -0.3 is 10.2 Å². The summed E-state index contributed by atoms with van der Waals surface area (Å²) in [6, 6.07) is 4.41. The summed E-state index contributed by atoms with van der Waals surface area (Å²) in [6.07, 6.45) is 1.93. The molecule has 2 rings (SSSR count). The van der Waals surface area contributed by atoms with Crippen molar-refractivity contribution in [2.75, 3.05) is 13.1 Å². The van der Waals surface area contributed by atoms with E-state index in [9.17, 15) is 14.0 Å². The highest BCUT2D eigenvalue weighted by Gasteiger charge is 2.24. The Balaban J connectivity index is 1.81. The van der Waals surface area contributed by atoms with Gasteiger partial charge in [-0.3, -0.25) is 9.59 Å². The third kappa shape index (κ3) is 5.20. The van der Waals surface area contributed by atoms with Crippen molar-refractivity contribution in [3.63, 3.8) is 0 Å². The molecule has 1 heterocycles. The van der Waals surface area contributed by atoms with Crippen LogP contribution in [0.1, 0.15) is 38.7 Å². The third-order valence-electron chi connectivity index (χ3n) is 4.19. The number of rotatable bonds is 5. The van der Waals surface area contributed by atoms with E-state index >= 15 is 0 Å². The number of benzene rings is 1. The SMILES string of the molecule is CC(C)CC(=O)N1CCC(NC(=O)Cc2c(F)cccc2Cl)CC1. The Morgan fingerprint density at radius 2 is 2.00 bits per heavy atom. The maximum Gasteiger partial charge on any atom is 0.224 e. The van der Waals surface area contributed by atoms with Gasteiger partial charge in [-0.2, -0.15) is 0 Å². The van der Waals surface area contributed by atoms with Gasteiger partial charge in [-0.05, 0) is 30.9 Å². The van der Waals surface area contributed by atoms with Crippen molar-refractivity contribution in [2.45, 2.75) is 45.6 Å². The number of piperidine rings is 1. The Hall–Kier alpha value is -1.62. The number of carbonyl (C=O) groups excluding carboxylic acids is 2. The summed E-state index contributed by atoms with van der Waals surface area (Å²) in [7, 11) is 0. The van der Waals surface area contributed by atoms with E-state index in [4.69, 9.17) is 11.6 Å². The van der Waals surface area contributed by atoms with Crippen LogP contribution >= 0.6 is 11.6 Å². The van der Waals surface area contributed by atoms with Crippen molar-refractivity contribution in [3.05, 3.63) is 34.6 Å². The first-order valence-corrected chi connectivity index (χ1v) is 8.74. The normalized spacial score (nSPS) is 15.6. The maximum absolute atomic E-state index is 13.7. The molecule has 0 bridgehead atoms. The molecule has 1 N–H and O–H groups in total. The molecule has 0 unspecified atom stereocenters. The summed E-state index contributed by atoms with van der Waals surface area (Å²) in [4.78, 5) is 26.0. The predicted octanol–water partition coefficient (Wildman–Crippen LogP) is 3.17. The standard InChI is InChI=1S/C18H24ClFN2O2/c1-12(2)10-18(24)22-8-6-13(7-9-22)21-17(23)11-14-15(19)4-3-5-16(14)20/h3-5,12-13H,6-11H2,1-2H3,(H,21,23). The first kappa shape index (κ1) is 18.7. The van der Waals surface area contributed by atoms with E-state index in [2.05, 4.69) is 5.32 Å². The Morgan fingerprint density at radius 3 is 2.58 bits per heavy atom. The van der Waals surface area contributed by atoms with E-state index in [1.807, 2.05) is 18.7 Å². The van der Waals surface area contributed by atoms with Crippen LogP contribution in [0.2, 0.25) is 5.02 Å². The summed E-state index contributed by atoms with van der Waals surface area (Å²) >= 11 is 5.95. The molecule has 0 atom stereocenters. The predicted molar refractivity (Wildman–Crippen MR) is 92.3 cm³/mol. The van der Waals surface area contributed by atoms with Crippen LogP contribution in [0, 0.1) is 11.7 Å². The van der Waals surface area contributed by atoms with E-state index in [1.165, 1.54) is 12.1 Å². The van der Waals surface area contributed by atoms with Crippen LogP contribution in [0.4, 0.5) is 4.39 Å².